The molecule has 19 heavy (non-hydrogen) atoms. The van der Waals surface area contributed by atoms with Crippen molar-refractivity contribution in [3.05, 3.63) is 0 Å². The molecule has 110 valence electrons. The highest BCUT2D eigenvalue weighted by molar-refractivity contribution is 7.80. The van der Waals surface area contributed by atoms with E-state index in [0.29, 0.717) is 17.8 Å². The molecule has 0 N–H and O–H groups in total. The van der Waals surface area contributed by atoms with E-state index in [0.717, 1.165) is 25.4 Å². The van der Waals surface area contributed by atoms with Crippen LogP contribution in [0.2, 0.25) is 0 Å². The fourth-order valence-corrected chi connectivity index (χ4v) is 3.69. The molecule has 3 heteroatoms. The zero-order valence-corrected chi connectivity index (χ0v) is 13.6. The Morgan fingerprint density at radius 3 is 2.32 bits per heavy atom. The van der Waals surface area contributed by atoms with Gasteiger partial charge >= 0.3 is 0 Å². The average Bonchev–Trinajstić information content (AvgIpc) is 2.61. The molecule has 2 nitrogen and oxygen atoms in total. The monoisotopic (exact) mass is 282 g/mol. The molecule has 0 unspecified atom stereocenters. The highest BCUT2D eigenvalue weighted by Crippen LogP contribution is 2.37. The first-order chi connectivity index (χ1) is 9.12. The maximum Gasteiger partial charge on any atom is 0.0635 e. The van der Waals surface area contributed by atoms with E-state index in [1.807, 2.05) is 0 Å². The van der Waals surface area contributed by atoms with E-state index in [4.69, 9.17) is 5.26 Å². The van der Waals surface area contributed by atoms with Gasteiger partial charge in [0.25, 0.3) is 0 Å². The third kappa shape index (κ3) is 6.19. The smallest absolute Gasteiger partial charge is 0.0635 e. The van der Waals surface area contributed by atoms with Gasteiger partial charge in [-0.25, -0.2) is 0 Å². The summed E-state index contributed by atoms with van der Waals surface area (Å²) in [5.41, 5.74) is 0.393. The van der Waals surface area contributed by atoms with Crippen LogP contribution < -0.4 is 0 Å². The van der Waals surface area contributed by atoms with Crippen molar-refractivity contribution in [2.45, 2.75) is 58.8 Å². The molecular formula is C16H30N2S. The molecule has 1 fully saturated rings. The van der Waals surface area contributed by atoms with Crippen molar-refractivity contribution in [3.63, 3.8) is 0 Å². The Morgan fingerprint density at radius 2 is 1.84 bits per heavy atom. The van der Waals surface area contributed by atoms with Gasteiger partial charge in [0.2, 0.25) is 0 Å². The van der Waals surface area contributed by atoms with Crippen LogP contribution in [0.15, 0.2) is 0 Å². The Morgan fingerprint density at radius 1 is 1.21 bits per heavy atom. The molecule has 0 bridgehead atoms. The van der Waals surface area contributed by atoms with Gasteiger partial charge < -0.3 is 4.90 Å². The predicted octanol–water partition coefficient (Wildman–Crippen LogP) is 4.13. The second kappa shape index (κ2) is 8.87. The summed E-state index contributed by atoms with van der Waals surface area (Å²) in [5, 5.41) is 8.83. The fourth-order valence-electron chi connectivity index (χ4n) is 3.28. The lowest BCUT2D eigenvalue weighted by molar-refractivity contribution is 0.140. The number of rotatable bonds is 7. The molecule has 0 aromatic carbocycles. The second-order valence-corrected chi connectivity index (χ2v) is 6.93. The molecule has 0 heterocycles. The van der Waals surface area contributed by atoms with Crippen LogP contribution in [-0.2, 0) is 0 Å². The molecule has 1 saturated carbocycles. The van der Waals surface area contributed by atoms with Crippen LogP contribution in [0.1, 0.15) is 58.8 Å². The molecular weight excluding hydrogens is 252 g/mol. The van der Waals surface area contributed by atoms with Crippen molar-refractivity contribution >= 4 is 12.6 Å². The standard InChI is InChI=1S/C16H30N2S/c1-15(2)12-18(11-7-10-17)13-16(14-19)8-5-3-4-6-9-16/h15,19H,3-9,11-14H2,1-2H3. The van der Waals surface area contributed by atoms with E-state index in [2.05, 4.69) is 37.4 Å². The molecule has 1 aliphatic carbocycles. The predicted molar refractivity (Wildman–Crippen MR) is 85.5 cm³/mol. The van der Waals surface area contributed by atoms with Crippen LogP contribution in [-0.4, -0.2) is 30.3 Å². The molecule has 0 spiro atoms. The van der Waals surface area contributed by atoms with Gasteiger partial charge in [0.1, 0.15) is 0 Å². The summed E-state index contributed by atoms with van der Waals surface area (Å²) in [4.78, 5) is 2.51. The lowest BCUT2D eigenvalue weighted by atomic mass is 9.81. The van der Waals surface area contributed by atoms with Crippen LogP contribution in [0.5, 0.6) is 0 Å². The number of hydrogen-bond donors (Lipinski definition) is 1. The Hall–Kier alpha value is -0.200. The summed E-state index contributed by atoms with van der Waals surface area (Å²) in [5.74, 6) is 1.66. The molecule has 0 amide bonds. The zero-order valence-electron chi connectivity index (χ0n) is 12.7. The first-order valence-electron chi connectivity index (χ1n) is 7.82. The largest absolute Gasteiger partial charge is 0.301 e. The molecule has 0 aliphatic heterocycles. The lowest BCUT2D eigenvalue weighted by Gasteiger charge is -2.37. The molecule has 0 aromatic rings. The van der Waals surface area contributed by atoms with Gasteiger partial charge in [0.05, 0.1) is 6.07 Å². The van der Waals surface area contributed by atoms with E-state index < -0.39 is 0 Å². The average molecular weight is 282 g/mol. The maximum absolute atomic E-state index is 8.83. The molecule has 0 radical (unpaired) electrons. The summed E-state index contributed by atoms with van der Waals surface area (Å²) >= 11 is 4.66. The first-order valence-corrected chi connectivity index (χ1v) is 8.45. The minimum atomic E-state index is 0.393. The third-order valence-corrected chi connectivity index (χ3v) is 4.89. The quantitative estimate of drug-likeness (QED) is 0.561. The third-order valence-electron chi connectivity index (χ3n) is 4.22. The first kappa shape index (κ1) is 16.9. The van der Waals surface area contributed by atoms with Crippen LogP contribution in [0, 0.1) is 22.7 Å². The van der Waals surface area contributed by atoms with E-state index in [9.17, 15) is 0 Å². The van der Waals surface area contributed by atoms with Crippen molar-refractivity contribution < 1.29 is 0 Å². The Balaban J connectivity index is 2.63. The van der Waals surface area contributed by atoms with E-state index in [1.54, 1.807) is 0 Å². The minimum Gasteiger partial charge on any atom is -0.301 e. The lowest BCUT2D eigenvalue weighted by Crippen LogP contribution is -2.41. The van der Waals surface area contributed by atoms with Crippen LogP contribution in [0.3, 0.4) is 0 Å². The van der Waals surface area contributed by atoms with Crippen LogP contribution in [0.4, 0.5) is 0 Å². The molecule has 0 saturated heterocycles. The molecule has 0 atom stereocenters. The SMILES string of the molecule is CC(C)CN(CCC#N)CC1(CS)CCCCCC1. The highest BCUT2D eigenvalue weighted by Gasteiger charge is 2.31. The Labute approximate surface area is 125 Å². The van der Waals surface area contributed by atoms with Crippen molar-refractivity contribution in [2.75, 3.05) is 25.4 Å². The summed E-state index contributed by atoms with van der Waals surface area (Å²) in [7, 11) is 0. The van der Waals surface area contributed by atoms with E-state index in [-0.39, 0.29) is 0 Å². The van der Waals surface area contributed by atoms with Gasteiger partial charge in [-0.05, 0) is 29.9 Å². The normalized spacial score (nSPS) is 19.4. The van der Waals surface area contributed by atoms with Crippen molar-refractivity contribution in [1.29, 1.82) is 5.26 Å². The summed E-state index contributed by atoms with van der Waals surface area (Å²) in [6.45, 7) is 7.69. The number of nitriles is 1. The van der Waals surface area contributed by atoms with Gasteiger partial charge in [-0.3, -0.25) is 0 Å². The second-order valence-electron chi connectivity index (χ2n) is 6.61. The van der Waals surface area contributed by atoms with Crippen molar-refractivity contribution in [2.24, 2.45) is 11.3 Å². The molecule has 1 rings (SSSR count). The van der Waals surface area contributed by atoms with Crippen molar-refractivity contribution in [1.82, 2.24) is 4.90 Å². The summed E-state index contributed by atoms with van der Waals surface area (Å²) in [6.07, 6.45) is 8.77. The van der Waals surface area contributed by atoms with Crippen molar-refractivity contribution in [3.8, 4) is 6.07 Å². The zero-order chi connectivity index (χ0) is 14.1. The van der Waals surface area contributed by atoms with Gasteiger partial charge in [0.15, 0.2) is 0 Å². The summed E-state index contributed by atoms with van der Waals surface area (Å²) in [6, 6.07) is 2.29. The topological polar surface area (TPSA) is 27.0 Å². The maximum atomic E-state index is 8.83. The number of thiol groups is 1. The van der Waals surface area contributed by atoms with Crippen LogP contribution in [0.25, 0.3) is 0 Å². The van der Waals surface area contributed by atoms with Gasteiger partial charge in [0, 0.05) is 26.1 Å². The van der Waals surface area contributed by atoms with Crippen LogP contribution >= 0.6 is 12.6 Å². The summed E-state index contributed by atoms with van der Waals surface area (Å²) < 4.78 is 0. The molecule has 0 aromatic heterocycles. The number of hydrogen-bond acceptors (Lipinski definition) is 3. The van der Waals surface area contributed by atoms with Gasteiger partial charge in [-0.2, -0.15) is 17.9 Å². The Kier molecular flexibility index (Phi) is 7.87. The fraction of sp³-hybridized carbons (Fsp3) is 0.938. The Bertz CT molecular complexity index is 275. The van der Waals surface area contributed by atoms with E-state index in [1.165, 1.54) is 38.5 Å². The number of nitrogens with zero attached hydrogens (tertiary/aromatic N) is 2. The van der Waals surface area contributed by atoms with E-state index >= 15 is 0 Å². The molecule has 1 aliphatic rings. The van der Waals surface area contributed by atoms with Gasteiger partial charge in [-0.1, -0.05) is 39.5 Å². The highest BCUT2D eigenvalue weighted by atomic mass is 32.1. The van der Waals surface area contributed by atoms with Gasteiger partial charge in [-0.15, -0.1) is 0 Å². The minimum absolute atomic E-state index is 0.393.